The molecule has 3 atom stereocenters. The summed E-state index contributed by atoms with van der Waals surface area (Å²) >= 11 is 6.09. The quantitative estimate of drug-likeness (QED) is 0.487. The number of quaternary nitrogens is 1. The molecule has 3 unspecified atom stereocenters. The number of likely N-dealkylation sites (N-methyl/N-ethyl adjacent to an activating group) is 1. The van der Waals surface area contributed by atoms with Crippen LogP contribution in [0.5, 0.6) is 0 Å². The maximum absolute atomic E-state index is 13.7. The Morgan fingerprint density at radius 2 is 1.67 bits per heavy atom. The van der Waals surface area contributed by atoms with E-state index >= 15 is 0 Å². The summed E-state index contributed by atoms with van der Waals surface area (Å²) in [6.45, 7) is 4.04. The predicted molar refractivity (Wildman–Crippen MR) is 124 cm³/mol. The lowest BCUT2D eigenvalue weighted by Gasteiger charge is -2.38. The van der Waals surface area contributed by atoms with Gasteiger partial charge in [0.1, 0.15) is 11.7 Å². The zero-order chi connectivity index (χ0) is 21.3. The molecule has 0 radical (unpaired) electrons. The Morgan fingerprint density at radius 1 is 1.03 bits per heavy atom. The highest BCUT2D eigenvalue weighted by molar-refractivity contribution is 6.30. The first kappa shape index (κ1) is 20.2. The van der Waals surface area contributed by atoms with E-state index in [-0.39, 0.29) is 16.4 Å². The van der Waals surface area contributed by atoms with Crippen LogP contribution < -0.4 is 10.2 Å². The van der Waals surface area contributed by atoms with Crippen LogP contribution in [0.3, 0.4) is 0 Å². The molecule has 0 aliphatic carbocycles. The first-order valence-corrected chi connectivity index (χ1v) is 10.1. The average Bonchev–Trinajstić information content (AvgIpc) is 2.86. The highest BCUT2D eigenvalue weighted by Gasteiger charge is 2.48. The van der Waals surface area contributed by atoms with Crippen molar-refractivity contribution in [3.8, 4) is 0 Å². The second kappa shape index (κ2) is 8.00. The van der Waals surface area contributed by atoms with Gasteiger partial charge < -0.3 is 0 Å². The zero-order valence-corrected chi connectivity index (χ0v) is 17.5. The number of fused-ring (bicyclic) bond motifs is 1. The molecule has 0 saturated heterocycles. The van der Waals surface area contributed by atoms with Gasteiger partial charge >= 0.3 is 5.91 Å². The van der Waals surface area contributed by atoms with Gasteiger partial charge in [0.2, 0.25) is 6.17 Å². The van der Waals surface area contributed by atoms with Crippen LogP contribution in [-0.4, -0.2) is 24.8 Å². The third-order valence-corrected chi connectivity index (χ3v) is 5.93. The Morgan fingerprint density at radius 3 is 2.33 bits per heavy atom. The molecule has 1 aliphatic heterocycles. The minimum absolute atomic E-state index is 0.0672. The summed E-state index contributed by atoms with van der Waals surface area (Å²) in [6, 6.07) is 24.8. The fourth-order valence-electron chi connectivity index (χ4n) is 4.15. The van der Waals surface area contributed by atoms with E-state index in [2.05, 4.69) is 11.6 Å². The Kier molecular flexibility index (Phi) is 5.39. The van der Waals surface area contributed by atoms with Crippen molar-refractivity contribution in [2.75, 3.05) is 7.05 Å². The fourth-order valence-corrected chi connectivity index (χ4v) is 4.28. The Hall–Kier alpha value is -3.05. The normalized spacial score (nSPS) is 21.9. The molecule has 1 aliphatic rings. The molecule has 0 aromatic heterocycles. The van der Waals surface area contributed by atoms with E-state index in [1.54, 1.807) is 6.08 Å². The van der Waals surface area contributed by atoms with Crippen LogP contribution in [0.25, 0.3) is 0 Å². The second-order valence-corrected chi connectivity index (χ2v) is 7.89. The molecule has 3 aromatic rings. The Balaban J connectivity index is 1.97. The molecule has 2 N–H and O–H groups in total. The second-order valence-electron chi connectivity index (χ2n) is 7.45. The highest BCUT2D eigenvalue weighted by Crippen LogP contribution is 2.40. The van der Waals surface area contributed by atoms with Crippen molar-refractivity contribution in [2.24, 2.45) is 10.7 Å². The predicted octanol–water partition coefficient (Wildman–Crippen LogP) is 4.87. The highest BCUT2D eigenvalue weighted by atomic mass is 35.5. The Labute approximate surface area is 181 Å². The molecule has 0 spiro atoms. The summed E-state index contributed by atoms with van der Waals surface area (Å²) in [7, 11) is 1.88. The number of hydrogen-bond donors (Lipinski definition) is 1. The lowest BCUT2D eigenvalue weighted by molar-refractivity contribution is -0.131. The van der Waals surface area contributed by atoms with Crippen LogP contribution >= 0.6 is 11.6 Å². The average molecular weight is 417 g/mol. The van der Waals surface area contributed by atoms with Gasteiger partial charge in [-0.05, 0) is 24.3 Å². The van der Waals surface area contributed by atoms with E-state index < -0.39 is 6.17 Å². The molecular formula is C25H23ClN3O+. The maximum atomic E-state index is 13.7. The van der Waals surface area contributed by atoms with E-state index in [0.717, 1.165) is 22.4 Å². The summed E-state index contributed by atoms with van der Waals surface area (Å²) in [5, 5.41) is 0.637. The minimum atomic E-state index is -1.01. The number of carbonyl (C=O) groups is 1. The molecule has 3 aromatic carbocycles. The summed E-state index contributed by atoms with van der Waals surface area (Å²) in [5.41, 5.74) is 10.6. The summed E-state index contributed by atoms with van der Waals surface area (Å²) in [4.78, 5) is 18.4. The number of aliphatic imine (C=N–C) groups is 1. The van der Waals surface area contributed by atoms with Crippen molar-refractivity contribution in [2.45, 2.75) is 12.2 Å². The van der Waals surface area contributed by atoms with E-state index in [9.17, 15) is 4.79 Å². The molecule has 5 heteroatoms. The maximum Gasteiger partial charge on any atom is 0.358 e. The first-order valence-electron chi connectivity index (χ1n) is 9.74. The standard InChI is InChI=1S/C25H23ClN3O/c1-3-21(17-13-15-19(26)16-14-17)29(2)22-12-8-7-11-20(22)23(28-24(27)25(29)30)18-9-5-4-6-10-18/h3-16,21,24H,1,27H2,2H3/q+1. The number of rotatable bonds is 4. The van der Waals surface area contributed by atoms with E-state index in [4.69, 9.17) is 17.3 Å². The fraction of sp³-hybridized carbons (Fsp3) is 0.120. The smallest absolute Gasteiger partial charge is 0.298 e. The van der Waals surface area contributed by atoms with E-state index in [1.165, 1.54) is 0 Å². The number of para-hydroxylation sites is 1. The number of benzene rings is 3. The van der Waals surface area contributed by atoms with Gasteiger partial charge in [0.05, 0.1) is 18.3 Å². The number of amides is 1. The van der Waals surface area contributed by atoms with Crippen molar-refractivity contribution in [3.63, 3.8) is 0 Å². The van der Waals surface area contributed by atoms with Crippen molar-refractivity contribution in [1.29, 1.82) is 0 Å². The molecule has 1 amide bonds. The topological polar surface area (TPSA) is 55.5 Å². The van der Waals surface area contributed by atoms with Gasteiger partial charge in [-0.3, -0.25) is 10.7 Å². The summed E-state index contributed by atoms with van der Waals surface area (Å²) in [6.07, 6.45) is 0.783. The molecule has 30 heavy (non-hydrogen) atoms. The van der Waals surface area contributed by atoms with Crippen LogP contribution in [0.4, 0.5) is 5.69 Å². The molecule has 150 valence electrons. The molecule has 4 rings (SSSR count). The number of nitrogens with zero attached hydrogens (tertiary/aromatic N) is 2. The van der Waals surface area contributed by atoms with Crippen LogP contribution in [0, 0.1) is 0 Å². The number of carbonyl (C=O) groups excluding carboxylic acids is 1. The zero-order valence-electron chi connectivity index (χ0n) is 16.7. The van der Waals surface area contributed by atoms with Crippen LogP contribution in [0.2, 0.25) is 5.02 Å². The number of nitrogens with two attached hydrogens (primary N) is 1. The summed E-state index contributed by atoms with van der Waals surface area (Å²) < 4.78 is -0.0672. The lowest BCUT2D eigenvalue weighted by atomic mass is 9.96. The van der Waals surface area contributed by atoms with Gasteiger partial charge in [-0.15, -0.1) is 0 Å². The van der Waals surface area contributed by atoms with Crippen LogP contribution in [0.15, 0.2) is 96.5 Å². The van der Waals surface area contributed by atoms with Crippen molar-refractivity contribution in [3.05, 3.63) is 113 Å². The van der Waals surface area contributed by atoms with Crippen molar-refractivity contribution < 1.29 is 4.79 Å². The van der Waals surface area contributed by atoms with Gasteiger partial charge in [0.15, 0.2) is 0 Å². The third kappa shape index (κ3) is 3.29. The molecule has 4 nitrogen and oxygen atoms in total. The molecule has 0 bridgehead atoms. The minimum Gasteiger partial charge on any atom is -0.298 e. The van der Waals surface area contributed by atoms with Gasteiger partial charge in [-0.25, -0.2) is 9.28 Å². The van der Waals surface area contributed by atoms with Gasteiger partial charge in [-0.2, -0.15) is 0 Å². The van der Waals surface area contributed by atoms with Crippen molar-refractivity contribution in [1.82, 2.24) is 4.48 Å². The number of benzodiazepines with no additional fused rings is 1. The molecule has 1 heterocycles. The SMILES string of the molecule is C=CC(c1ccc(Cl)cc1)[N+]1(C)C(=O)C(N)N=C(c2ccccc2)c2ccccc21. The van der Waals surface area contributed by atoms with Gasteiger partial charge in [0, 0.05) is 22.2 Å². The first-order chi connectivity index (χ1) is 14.5. The van der Waals surface area contributed by atoms with Crippen LogP contribution in [0.1, 0.15) is 22.7 Å². The third-order valence-electron chi connectivity index (χ3n) is 5.68. The van der Waals surface area contributed by atoms with Gasteiger partial charge in [0.25, 0.3) is 0 Å². The number of halogens is 1. The molecular weight excluding hydrogens is 394 g/mol. The monoisotopic (exact) mass is 416 g/mol. The van der Waals surface area contributed by atoms with Crippen molar-refractivity contribution >= 4 is 28.9 Å². The molecule has 0 saturated carbocycles. The van der Waals surface area contributed by atoms with E-state index in [0.29, 0.717) is 10.7 Å². The van der Waals surface area contributed by atoms with Crippen LogP contribution in [-0.2, 0) is 4.79 Å². The summed E-state index contributed by atoms with van der Waals surface area (Å²) in [5.74, 6) is -0.201. The Bertz CT molecular complexity index is 1120. The molecule has 0 fully saturated rings. The van der Waals surface area contributed by atoms with E-state index in [1.807, 2.05) is 85.9 Å². The largest absolute Gasteiger partial charge is 0.358 e. The van der Waals surface area contributed by atoms with Gasteiger partial charge in [-0.1, -0.05) is 72.8 Å². The number of hydrogen-bond acceptors (Lipinski definition) is 3. The lowest BCUT2D eigenvalue weighted by Crippen LogP contribution is -2.58.